The number of halogens is 3. The van der Waals surface area contributed by atoms with Crippen molar-refractivity contribution in [1.29, 1.82) is 0 Å². The molecule has 1 nitrogen and oxygen atoms in total. The number of benzene rings is 1. The minimum absolute atomic E-state index is 0.00793. The van der Waals surface area contributed by atoms with Crippen molar-refractivity contribution in [3.05, 3.63) is 34.3 Å². The van der Waals surface area contributed by atoms with Crippen LogP contribution < -0.4 is 5.32 Å². The average Bonchev–Trinajstić information content (AvgIpc) is 2.28. The second-order valence-corrected chi connectivity index (χ2v) is 5.02. The van der Waals surface area contributed by atoms with E-state index in [2.05, 4.69) is 5.32 Å². The number of nitrogens with one attached hydrogen (secondary N) is 1. The molecule has 1 fully saturated rings. The third-order valence-electron chi connectivity index (χ3n) is 3.26. The normalized spacial score (nSPS) is 18.4. The van der Waals surface area contributed by atoms with Crippen molar-refractivity contribution in [1.82, 2.24) is 5.32 Å². The van der Waals surface area contributed by atoms with Crippen LogP contribution in [0.1, 0.15) is 36.8 Å². The second kappa shape index (κ2) is 4.91. The molecule has 0 unspecified atom stereocenters. The van der Waals surface area contributed by atoms with Crippen LogP contribution in [-0.2, 0) is 5.92 Å². The van der Waals surface area contributed by atoms with E-state index in [1.165, 1.54) is 0 Å². The first-order valence-corrected chi connectivity index (χ1v) is 6.25. The summed E-state index contributed by atoms with van der Waals surface area (Å²) in [6.07, 6.45) is 1.78. The topological polar surface area (TPSA) is 12.0 Å². The molecule has 0 aromatic heterocycles. The number of hydrogen-bond donors (Lipinski definition) is 1. The van der Waals surface area contributed by atoms with Crippen molar-refractivity contribution in [3.8, 4) is 0 Å². The van der Waals surface area contributed by atoms with Gasteiger partial charge in [0.15, 0.2) is 0 Å². The maximum atomic E-state index is 13.6. The Kier molecular flexibility index (Phi) is 3.69. The predicted octanol–water partition coefficient (Wildman–Crippen LogP) is 3.92. The van der Waals surface area contributed by atoms with Crippen LogP contribution in [0, 0.1) is 0 Å². The standard InChI is InChI=1S/C13H16ClF2N/c1-13(15,16)12-10(3-2-4-11(12)14)9-5-7-17-8-6-9/h2-4,9,17H,5-8H2,1H3. The third-order valence-corrected chi connectivity index (χ3v) is 3.58. The molecule has 0 amide bonds. The van der Waals surface area contributed by atoms with E-state index in [1.54, 1.807) is 18.2 Å². The van der Waals surface area contributed by atoms with Gasteiger partial charge in [-0.05, 0) is 43.5 Å². The van der Waals surface area contributed by atoms with E-state index in [4.69, 9.17) is 11.6 Å². The van der Waals surface area contributed by atoms with Crippen LogP contribution in [0.2, 0.25) is 5.02 Å². The minimum atomic E-state index is -2.88. The van der Waals surface area contributed by atoms with Crippen molar-refractivity contribution in [2.75, 3.05) is 13.1 Å². The highest BCUT2D eigenvalue weighted by molar-refractivity contribution is 6.31. The Morgan fingerprint density at radius 1 is 1.29 bits per heavy atom. The van der Waals surface area contributed by atoms with E-state index in [0.717, 1.165) is 32.9 Å². The molecule has 1 heterocycles. The Morgan fingerprint density at radius 3 is 2.53 bits per heavy atom. The molecular weight excluding hydrogens is 244 g/mol. The highest BCUT2D eigenvalue weighted by atomic mass is 35.5. The van der Waals surface area contributed by atoms with E-state index >= 15 is 0 Å². The molecule has 1 saturated heterocycles. The molecule has 1 aliphatic heterocycles. The van der Waals surface area contributed by atoms with Gasteiger partial charge in [-0.15, -0.1) is 0 Å². The van der Waals surface area contributed by atoms with Gasteiger partial charge in [0, 0.05) is 12.5 Å². The van der Waals surface area contributed by atoms with Crippen LogP contribution in [-0.4, -0.2) is 13.1 Å². The first-order valence-electron chi connectivity index (χ1n) is 5.87. The number of hydrogen-bond acceptors (Lipinski definition) is 1. The zero-order valence-electron chi connectivity index (χ0n) is 9.77. The Labute approximate surface area is 105 Å². The molecule has 1 aromatic carbocycles. The van der Waals surface area contributed by atoms with Gasteiger partial charge in [-0.25, -0.2) is 8.78 Å². The minimum Gasteiger partial charge on any atom is -0.317 e. The van der Waals surface area contributed by atoms with Gasteiger partial charge in [0.2, 0.25) is 0 Å². The van der Waals surface area contributed by atoms with Gasteiger partial charge in [-0.1, -0.05) is 23.7 Å². The summed E-state index contributed by atoms with van der Waals surface area (Å²) in [5.74, 6) is -2.69. The maximum absolute atomic E-state index is 13.6. The second-order valence-electron chi connectivity index (χ2n) is 4.62. The lowest BCUT2D eigenvalue weighted by molar-refractivity contribution is 0.0161. The van der Waals surface area contributed by atoms with E-state index in [1.807, 2.05) is 0 Å². The lowest BCUT2D eigenvalue weighted by atomic mass is 9.85. The van der Waals surface area contributed by atoms with Gasteiger partial charge >= 0.3 is 0 Å². The quantitative estimate of drug-likeness (QED) is 0.849. The van der Waals surface area contributed by atoms with Gasteiger partial charge in [0.1, 0.15) is 0 Å². The van der Waals surface area contributed by atoms with E-state index in [-0.39, 0.29) is 16.5 Å². The summed E-state index contributed by atoms with van der Waals surface area (Å²) in [5, 5.41) is 3.41. The molecule has 94 valence electrons. The molecule has 0 spiro atoms. The molecule has 1 N–H and O–H groups in total. The fraction of sp³-hybridized carbons (Fsp3) is 0.538. The van der Waals surface area contributed by atoms with Crippen molar-refractivity contribution >= 4 is 11.6 Å². The molecule has 0 bridgehead atoms. The zero-order chi connectivity index (χ0) is 12.5. The highest BCUT2D eigenvalue weighted by Gasteiger charge is 2.32. The van der Waals surface area contributed by atoms with Crippen LogP contribution in [0.3, 0.4) is 0 Å². The highest BCUT2D eigenvalue weighted by Crippen LogP contribution is 2.40. The summed E-state index contributed by atoms with van der Waals surface area (Å²) in [7, 11) is 0. The van der Waals surface area contributed by atoms with Gasteiger partial charge in [-0.3, -0.25) is 0 Å². The first-order chi connectivity index (χ1) is 8.00. The maximum Gasteiger partial charge on any atom is 0.272 e. The summed E-state index contributed by atoms with van der Waals surface area (Å²) in [4.78, 5) is 0. The molecule has 0 radical (unpaired) electrons. The van der Waals surface area contributed by atoms with Gasteiger partial charge in [-0.2, -0.15) is 0 Å². The summed E-state index contributed by atoms with van der Waals surface area (Å²) < 4.78 is 27.3. The first kappa shape index (κ1) is 12.8. The smallest absolute Gasteiger partial charge is 0.272 e. The summed E-state index contributed by atoms with van der Waals surface area (Å²) >= 11 is 5.94. The van der Waals surface area contributed by atoms with Crippen molar-refractivity contribution < 1.29 is 8.78 Å². The number of alkyl halides is 2. The monoisotopic (exact) mass is 259 g/mol. The third kappa shape index (κ3) is 2.78. The summed E-state index contributed by atoms with van der Waals surface area (Å²) in [5.41, 5.74) is 0.722. The van der Waals surface area contributed by atoms with Crippen LogP contribution >= 0.6 is 11.6 Å². The summed E-state index contributed by atoms with van der Waals surface area (Å²) in [6, 6.07) is 5.09. The molecule has 1 aromatic rings. The fourth-order valence-corrected chi connectivity index (χ4v) is 2.82. The Morgan fingerprint density at radius 2 is 1.94 bits per heavy atom. The van der Waals surface area contributed by atoms with Gasteiger partial charge < -0.3 is 5.32 Å². The molecule has 1 aliphatic rings. The van der Waals surface area contributed by atoms with Gasteiger partial charge in [0.25, 0.3) is 5.92 Å². The lowest BCUT2D eigenvalue weighted by Gasteiger charge is -2.27. The zero-order valence-corrected chi connectivity index (χ0v) is 10.5. The summed E-state index contributed by atoms with van der Waals surface area (Å²) in [6.45, 7) is 2.68. The van der Waals surface area contributed by atoms with Crippen LogP contribution in [0.5, 0.6) is 0 Å². The number of piperidine rings is 1. The van der Waals surface area contributed by atoms with E-state index in [0.29, 0.717) is 5.56 Å². The molecule has 4 heteroatoms. The average molecular weight is 260 g/mol. The number of rotatable bonds is 2. The molecule has 0 saturated carbocycles. The molecular formula is C13H16ClF2N. The van der Waals surface area contributed by atoms with Crippen LogP contribution in [0.25, 0.3) is 0 Å². The Bertz CT molecular complexity index is 395. The Hall–Kier alpha value is -0.670. The van der Waals surface area contributed by atoms with Crippen molar-refractivity contribution in [3.63, 3.8) is 0 Å². The Balaban J connectivity index is 2.42. The van der Waals surface area contributed by atoms with E-state index < -0.39 is 5.92 Å². The molecule has 17 heavy (non-hydrogen) atoms. The van der Waals surface area contributed by atoms with Crippen LogP contribution in [0.4, 0.5) is 8.78 Å². The fourth-order valence-electron chi connectivity index (χ4n) is 2.48. The predicted molar refractivity (Wildman–Crippen MR) is 65.9 cm³/mol. The van der Waals surface area contributed by atoms with Crippen molar-refractivity contribution in [2.24, 2.45) is 0 Å². The lowest BCUT2D eigenvalue weighted by Crippen LogP contribution is -2.28. The van der Waals surface area contributed by atoms with Gasteiger partial charge in [0.05, 0.1) is 5.02 Å². The largest absolute Gasteiger partial charge is 0.317 e. The molecule has 2 rings (SSSR count). The van der Waals surface area contributed by atoms with Crippen LogP contribution in [0.15, 0.2) is 18.2 Å². The molecule has 0 aliphatic carbocycles. The van der Waals surface area contributed by atoms with E-state index in [9.17, 15) is 8.78 Å². The van der Waals surface area contributed by atoms with Crippen molar-refractivity contribution in [2.45, 2.75) is 31.6 Å². The SMILES string of the molecule is CC(F)(F)c1c(Cl)cccc1C1CCNCC1. The molecule has 0 atom stereocenters.